The van der Waals surface area contributed by atoms with E-state index in [4.69, 9.17) is 0 Å². The lowest BCUT2D eigenvalue weighted by Gasteiger charge is -2.44. The lowest BCUT2D eigenvalue weighted by Crippen LogP contribution is -2.77. The van der Waals surface area contributed by atoms with Gasteiger partial charge in [0, 0.05) is 13.5 Å². The Hall–Kier alpha value is -1.63. The fourth-order valence-electron chi connectivity index (χ4n) is 2.76. The zero-order valence-corrected chi connectivity index (χ0v) is 19.5. The summed E-state index contributed by atoms with van der Waals surface area (Å²) in [5, 5.41) is 9.35. The molecular weight excluding hydrogens is 667 g/mol. The van der Waals surface area contributed by atoms with Crippen LogP contribution >= 0.6 is 0 Å². The highest BCUT2D eigenvalue weighted by atomic mass is 19.4. The van der Waals surface area contributed by atoms with Gasteiger partial charge >= 0.3 is 59.5 Å². The average Bonchev–Trinajstić information content (AvgIpc) is 3.63. The summed E-state index contributed by atoms with van der Waals surface area (Å²) in [7, 11) is 0.411. The van der Waals surface area contributed by atoms with Crippen LogP contribution in [0.3, 0.4) is 0 Å². The maximum Gasteiger partial charge on any atom is 0.460 e. The van der Waals surface area contributed by atoms with Crippen LogP contribution in [-0.4, -0.2) is 103 Å². The maximum atomic E-state index is 14.1. The second-order valence-corrected chi connectivity index (χ2v) is 8.45. The highest BCUT2D eigenvalue weighted by Gasteiger charge is 2.97. The van der Waals surface area contributed by atoms with Crippen LogP contribution in [0.25, 0.3) is 0 Å². The Morgan fingerprint density at radius 2 is 0.905 bits per heavy atom. The quantitative estimate of drug-likeness (QED) is 0.124. The SMILES string of the molecule is COC(O)C(CC(F)(F)C(F)(F)C(F)(F)C(F)(F)C(F)(F)C(F)(F)C(F)(F)C(F)(F)C(F)(F)C(F)(F)F)OCC1CO1. The summed E-state index contributed by atoms with van der Waals surface area (Å²) >= 11 is 0. The number of aliphatic hydroxyl groups excluding tert-OH is 1. The Bertz CT molecular complexity index is 942. The van der Waals surface area contributed by atoms with E-state index in [1.807, 2.05) is 0 Å². The van der Waals surface area contributed by atoms with E-state index in [1.165, 1.54) is 0 Å². The summed E-state index contributed by atoms with van der Waals surface area (Å²) in [6, 6.07) is 0. The molecule has 1 aliphatic rings. The van der Waals surface area contributed by atoms with Crippen LogP contribution in [0.4, 0.5) is 92.2 Å². The van der Waals surface area contributed by atoms with Crippen molar-refractivity contribution in [1.82, 2.24) is 0 Å². The van der Waals surface area contributed by atoms with Crippen LogP contribution in [0, 0.1) is 0 Å². The minimum absolute atomic E-state index is 0.200. The molecule has 0 radical (unpaired) electrons. The van der Waals surface area contributed by atoms with Crippen LogP contribution in [-0.2, 0) is 14.2 Å². The van der Waals surface area contributed by atoms with Crippen LogP contribution in [0.5, 0.6) is 0 Å². The van der Waals surface area contributed by atoms with Gasteiger partial charge < -0.3 is 19.3 Å². The van der Waals surface area contributed by atoms with Crippen LogP contribution in [0.1, 0.15) is 6.42 Å². The van der Waals surface area contributed by atoms with E-state index in [9.17, 15) is 97.3 Å². The van der Waals surface area contributed by atoms with Gasteiger partial charge in [-0.05, 0) is 0 Å². The molecule has 1 N–H and O–H groups in total. The van der Waals surface area contributed by atoms with Crippen molar-refractivity contribution >= 4 is 0 Å². The van der Waals surface area contributed by atoms with Crippen molar-refractivity contribution in [1.29, 1.82) is 0 Å². The fraction of sp³-hybridized carbons (Fsp3) is 1.00. The molecule has 1 heterocycles. The first kappa shape index (κ1) is 38.4. The van der Waals surface area contributed by atoms with E-state index >= 15 is 0 Å². The Labute approximate surface area is 217 Å². The van der Waals surface area contributed by atoms with Crippen LogP contribution < -0.4 is 0 Å². The molecule has 0 bridgehead atoms. The minimum Gasteiger partial charge on any atom is -0.371 e. The lowest BCUT2D eigenvalue weighted by molar-refractivity contribution is -0.474. The third kappa shape index (κ3) is 5.54. The summed E-state index contributed by atoms with van der Waals surface area (Å²) in [6.07, 6.45) is -18.0. The second-order valence-electron chi connectivity index (χ2n) is 8.45. The normalized spacial score (nSPS) is 20.5. The monoisotopic (exact) mass is 680 g/mol. The third-order valence-electron chi connectivity index (χ3n) is 5.49. The molecule has 0 aromatic rings. The number of alkyl halides is 21. The van der Waals surface area contributed by atoms with E-state index in [1.54, 1.807) is 0 Å². The molecular formula is C17H13F21O4. The number of hydrogen-bond donors (Lipinski definition) is 1. The van der Waals surface area contributed by atoms with Crippen molar-refractivity contribution < 1.29 is 112 Å². The molecule has 42 heavy (non-hydrogen) atoms. The topological polar surface area (TPSA) is 51.2 Å². The number of epoxide rings is 1. The van der Waals surface area contributed by atoms with Crippen molar-refractivity contribution in [3.05, 3.63) is 0 Å². The molecule has 1 aliphatic heterocycles. The molecule has 0 saturated carbocycles. The number of hydrogen-bond acceptors (Lipinski definition) is 4. The Morgan fingerprint density at radius 3 is 1.19 bits per heavy atom. The predicted molar refractivity (Wildman–Crippen MR) is 87.7 cm³/mol. The number of methoxy groups -OCH3 is 1. The molecule has 0 aromatic carbocycles. The Kier molecular flexibility index (Phi) is 9.84. The van der Waals surface area contributed by atoms with Gasteiger partial charge in [-0.15, -0.1) is 0 Å². The van der Waals surface area contributed by atoms with Crippen molar-refractivity contribution in [3.63, 3.8) is 0 Å². The highest BCUT2D eigenvalue weighted by molar-refractivity contribution is 5.18. The van der Waals surface area contributed by atoms with E-state index in [0.717, 1.165) is 0 Å². The number of halogens is 21. The second kappa shape index (κ2) is 10.8. The van der Waals surface area contributed by atoms with E-state index in [2.05, 4.69) is 14.2 Å². The number of ether oxygens (including phenoxy) is 3. The number of aliphatic hydroxyl groups is 1. The van der Waals surface area contributed by atoms with Crippen molar-refractivity contribution in [3.8, 4) is 0 Å². The van der Waals surface area contributed by atoms with Gasteiger partial charge in [-0.25, -0.2) is 0 Å². The molecule has 252 valence electrons. The molecule has 0 aliphatic carbocycles. The van der Waals surface area contributed by atoms with Crippen molar-refractivity contribution in [2.45, 2.75) is 84.4 Å². The van der Waals surface area contributed by atoms with E-state index in [-0.39, 0.29) is 6.61 Å². The van der Waals surface area contributed by atoms with Crippen molar-refractivity contribution in [2.24, 2.45) is 0 Å². The summed E-state index contributed by atoms with van der Waals surface area (Å²) in [4.78, 5) is 0. The third-order valence-corrected chi connectivity index (χ3v) is 5.49. The molecule has 25 heteroatoms. The molecule has 3 unspecified atom stereocenters. The first-order valence-corrected chi connectivity index (χ1v) is 10.1. The standard InChI is InChI=1S/C17H13F21O4/c1-40-7(39)6(42-4-5-3-41-5)2-8(18,19)9(20,21)10(22,23)11(24,25)12(26,27)13(28,29)14(30,31)15(32,33)16(34,35)17(36,37)38/h5-7,39H,2-4H2,1H3. The molecule has 1 saturated heterocycles. The van der Waals surface area contributed by atoms with Gasteiger partial charge in [0.1, 0.15) is 12.2 Å². The molecule has 4 nitrogen and oxygen atoms in total. The van der Waals surface area contributed by atoms with Crippen LogP contribution in [0.15, 0.2) is 0 Å². The summed E-state index contributed by atoms with van der Waals surface area (Å²) in [5.41, 5.74) is 0. The Morgan fingerprint density at radius 1 is 0.595 bits per heavy atom. The van der Waals surface area contributed by atoms with Gasteiger partial charge in [-0.1, -0.05) is 0 Å². The Balaban J connectivity index is 3.63. The van der Waals surface area contributed by atoms with Gasteiger partial charge in [0.2, 0.25) is 0 Å². The van der Waals surface area contributed by atoms with Gasteiger partial charge in [0.15, 0.2) is 6.29 Å². The average molecular weight is 680 g/mol. The summed E-state index contributed by atoms with van der Waals surface area (Å²) < 4.78 is 295. The largest absolute Gasteiger partial charge is 0.460 e. The maximum absolute atomic E-state index is 14.1. The van der Waals surface area contributed by atoms with E-state index in [0.29, 0.717) is 7.11 Å². The fourth-order valence-corrected chi connectivity index (χ4v) is 2.76. The smallest absolute Gasteiger partial charge is 0.371 e. The molecule has 1 fully saturated rings. The molecule has 1 rings (SSSR count). The van der Waals surface area contributed by atoms with Crippen LogP contribution in [0.2, 0.25) is 0 Å². The number of rotatable bonds is 15. The first-order valence-electron chi connectivity index (χ1n) is 10.1. The van der Waals surface area contributed by atoms with Gasteiger partial charge in [-0.2, -0.15) is 92.2 Å². The molecule has 0 spiro atoms. The molecule has 0 amide bonds. The van der Waals surface area contributed by atoms with Crippen molar-refractivity contribution in [2.75, 3.05) is 20.3 Å². The summed E-state index contributed by atoms with van der Waals surface area (Å²) in [6.45, 7) is -1.13. The minimum atomic E-state index is -9.24. The van der Waals surface area contributed by atoms with E-state index < -0.39 is 91.0 Å². The van der Waals surface area contributed by atoms with Gasteiger partial charge in [0.05, 0.1) is 13.2 Å². The predicted octanol–water partition coefficient (Wildman–Crippen LogP) is 6.41. The molecule has 0 aromatic heterocycles. The first-order chi connectivity index (χ1) is 18.2. The highest BCUT2D eigenvalue weighted by Crippen LogP contribution is 2.66. The zero-order valence-electron chi connectivity index (χ0n) is 19.5. The molecule has 3 atom stereocenters. The van der Waals surface area contributed by atoms with Gasteiger partial charge in [0.25, 0.3) is 0 Å². The zero-order chi connectivity index (χ0) is 34.0. The van der Waals surface area contributed by atoms with Gasteiger partial charge in [-0.3, -0.25) is 0 Å². The summed E-state index contributed by atoms with van der Waals surface area (Å²) in [5.74, 6) is -77.8. The lowest BCUT2D eigenvalue weighted by atomic mass is 9.85.